The molecule has 0 unspecified atom stereocenters. The van der Waals surface area contributed by atoms with E-state index >= 15 is 0 Å². The van der Waals surface area contributed by atoms with Crippen LogP contribution in [0.2, 0.25) is 0 Å². The van der Waals surface area contributed by atoms with Gasteiger partial charge in [0, 0.05) is 32.9 Å². The highest BCUT2D eigenvalue weighted by Gasteiger charge is 2.15. The number of para-hydroxylation sites is 1. The maximum atomic E-state index is 11.1. The van der Waals surface area contributed by atoms with Crippen LogP contribution in [0.4, 0.5) is 10.5 Å². The van der Waals surface area contributed by atoms with Crippen LogP contribution in [0.1, 0.15) is 27.7 Å². The van der Waals surface area contributed by atoms with E-state index in [-0.39, 0.29) is 6.09 Å². The summed E-state index contributed by atoms with van der Waals surface area (Å²) in [6.45, 7) is 9.84. The summed E-state index contributed by atoms with van der Waals surface area (Å²) in [4.78, 5) is 13.1. The number of nitrogens with one attached hydrogen (secondary N) is 2. The number of anilines is 1. The van der Waals surface area contributed by atoms with Crippen molar-refractivity contribution in [1.29, 1.82) is 0 Å². The van der Waals surface area contributed by atoms with Gasteiger partial charge in [0.15, 0.2) is 0 Å². The lowest BCUT2D eigenvalue weighted by Gasteiger charge is -2.19. The molecule has 0 aliphatic rings. The lowest BCUT2D eigenvalue weighted by atomic mass is 10.2. The molecule has 0 fully saturated rings. The molecule has 0 spiro atoms. The van der Waals surface area contributed by atoms with Crippen LogP contribution in [-0.2, 0) is 4.74 Å². The highest BCUT2D eigenvalue weighted by Crippen LogP contribution is 2.07. The molecule has 126 valence electrons. The summed E-state index contributed by atoms with van der Waals surface area (Å²) in [6.07, 6.45) is -0.356. The molecule has 0 heterocycles. The van der Waals surface area contributed by atoms with Crippen molar-refractivity contribution < 1.29 is 9.53 Å². The van der Waals surface area contributed by atoms with E-state index in [0.717, 1.165) is 13.1 Å². The molecule has 0 atom stereocenters. The molecule has 2 N–H and O–H groups in total. The van der Waals surface area contributed by atoms with E-state index in [4.69, 9.17) is 4.74 Å². The van der Waals surface area contributed by atoms with E-state index in [9.17, 15) is 4.79 Å². The maximum Gasteiger partial charge on any atom is 0.407 e. The van der Waals surface area contributed by atoms with Crippen LogP contribution in [0.25, 0.3) is 0 Å². The fourth-order valence-corrected chi connectivity index (χ4v) is 1.47. The van der Waals surface area contributed by atoms with Crippen LogP contribution in [-0.4, -0.2) is 45.4 Å². The van der Waals surface area contributed by atoms with E-state index in [1.807, 2.05) is 60.0 Å². The normalized spacial score (nSPS) is 10.3. The number of nitrogens with zero attached hydrogens (tertiary/aromatic N) is 1. The molecule has 5 nitrogen and oxygen atoms in total. The van der Waals surface area contributed by atoms with Gasteiger partial charge in [0.2, 0.25) is 0 Å². The maximum absolute atomic E-state index is 11.1. The minimum atomic E-state index is -0.414. The predicted molar refractivity (Wildman–Crippen MR) is 93.5 cm³/mol. The number of rotatable bonds is 5. The lowest BCUT2D eigenvalue weighted by Crippen LogP contribution is -2.36. The molecule has 1 aromatic carbocycles. The third-order valence-corrected chi connectivity index (χ3v) is 2.49. The summed E-state index contributed by atoms with van der Waals surface area (Å²) in [5, 5.41) is 5.75. The second kappa shape index (κ2) is 10.9. The first-order valence-corrected chi connectivity index (χ1v) is 7.66. The van der Waals surface area contributed by atoms with Crippen molar-refractivity contribution in [2.45, 2.75) is 33.3 Å². The largest absolute Gasteiger partial charge is 0.444 e. The van der Waals surface area contributed by atoms with Crippen LogP contribution in [0.15, 0.2) is 30.3 Å². The third kappa shape index (κ3) is 12.0. The second-order valence-electron chi connectivity index (χ2n) is 6.01. The van der Waals surface area contributed by atoms with E-state index in [2.05, 4.69) is 27.7 Å². The minimum absolute atomic E-state index is 0.356. The number of carbonyl (C=O) groups excluding carboxylic acids is 1. The van der Waals surface area contributed by atoms with Gasteiger partial charge in [0.05, 0.1) is 0 Å². The van der Waals surface area contributed by atoms with Crippen molar-refractivity contribution >= 4 is 11.8 Å². The average molecular weight is 309 g/mol. The van der Waals surface area contributed by atoms with Gasteiger partial charge >= 0.3 is 6.09 Å². The minimum Gasteiger partial charge on any atom is -0.444 e. The number of benzene rings is 1. The second-order valence-corrected chi connectivity index (χ2v) is 6.01. The summed E-state index contributed by atoms with van der Waals surface area (Å²) in [6, 6.07) is 10.3. The molecular weight excluding hydrogens is 278 g/mol. The molecule has 0 aliphatic carbocycles. The summed E-state index contributed by atoms with van der Waals surface area (Å²) in [7, 11) is 4.07. The molecule has 1 amide bonds. The van der Waals surface area contributed by atoms with Gasteiger partial charge in [0.1, 0.15) is 5.60 Å². The van der Waals surface area contributed by atoms with E-state index in [1.54, 1.807) is 0 Å². The van der Waals surface area contributed by atoms with Crippen LogP contribution < -0.4 is 15.5 Å². The van der Waals surface area contributed by atoms with Crippen molar-refractivity contribution in [2.24, 2.45) is 0 Å². The smallest absolute Gasteiger partial charge is 0.407 e. The van der Waals surface area contributed by atoms with Gasteiger partial charge in [-0.05, 0) is 39.4 Å². The lowest BCUT2D eigenvalue weighted by molar-refractivity contribution is 0.0528. The van der Waals surface area contributed by atoms with Gasteiger partial charge < -0.3 is 20.3 Å². The Morgan fingerprint density at radius 1 is 1.14 bits per heavy atom. The first-order valence-electron chi connectivity index (χ1n) is 7.66. The van der Waals surface area contributed by atoms with Gasteiger partial charge in [0.25, 0.3) is 0 Å². The zero-order valence-electron chi connectivity index (χ0n) is 14.8. The first-order chi connectivity index (χ1) is 10.3. The summed E-state index contributed by atoms with van der Waals surface area (Å²) in [5.74, 6) is 0. The Labute approximate surface area is 135 Å². The zero-order valence-corrected chi connectivity index (χ0v) is 14.8. The Bertz CT molecular complexity index is 400. The van der Waals surface area contributed by atoms with E-state index < -0.39 is 5.60 Å². The Morgan fingerprint density at radius 3 is 2.14 bits per heavy atom. The van der Waals surface area contributed by atoms with Crippen LogP contribution in [0.3, 0.4) is 0 Å². The summed E-state index contributed by atoms with van der Waals surface area (Å²) >= 11 is 0. The predicted octanol–water partition coefficient (Wildman–Crippen LogP) is 2.87. The molecule has 0 saturated carbocycles. The van der Waals surface area contributed by atoms with Crippen LogP contribution >= 0.6 is 0 Å². The highest BCUT2D eigenvalue weighted by molar-refractivity contribution is 5.67. The fourth-order valence-electron chi connectivity index (χ4n) is 1.47. The van der Waals surface area contributed by atoms with E-state index in [0.29, 0.717) is 6.54 Å². The Hall–Kier alpha value is -1.75. The molecular formula is C17H31N3O2. The van der Waals surface area contributed by atoms with Crippen molar-refractivity contribution in [3.8, 4) is 0 Å². The molecule has 5 heteroatoms. The SMILES string of the molecule is CCNCCNC(=O)OC(C)(C)C.CN(C)c1ccccc1. The molecule has 0 radical (unpaired) electrons. The molecule has 1 rings (SSSR count). The van der Waals surface area contributed by atoms with E-state index in [1.165, 1.54) is 5.69 Å². The third-order valence-electron chi connectivity index (χ3n) is 2.49. The number of hydrogen-bond acceptors (Lipinski definition) is 4. The van der Waals surface area contributed by atoms with Crippen molar-refractivity contribution in [1.82, 2.24) is 10.6 Å². The number of amides is 1. The van der Waals surface area contributed by atoms with Crippen molar-refractivity contribution in [2.75, 3.05) is 38.6 Å². The molecule has 0 bridgehead atoms. The Kier molecular flexibility index (Phi) is 10.0. The average Bonchev–Trinajstić information content (AvgIpc) is 2.43. The number of alkyl carbamates (subject to hydrolysis) is 1. The molecule has 0 aromatic heterocycles. The number of hydrogen-bond donors (Lipinski definition) is 2. The Morgan fingerprint density at radius 2 is 1.73 bits per heavy atom. The zero-order chi connectivity index (χ0) is 17.0. The van der Waals surface area contributed by atoms with Crippen LogP contribution in [0, 0.1) is 0 Å². The number of ether oxygens (including phenoxy) is 1. The summed E-state index contributed by atoms with van der Waals surface area (Å²) < 4.78 is 5.04. The molecule has 0 saturated heterocycles. The fraction of sp³-hybridized carbons (Fsp3) is 0.588. The molecule has 0 aliphatic heterocycles. The quantitative estimate of drug-likeness (QED) is 0.821. The van der Waals surface area contributed by atoms with Crippen molar-refractivity contribution in [3.63, 3.8) is 0 Å². The first kappa shape index (κ1) is 20.2. The number of likely N-dealkylation sites (N-methyl/N-ethyl adjacent to an activating group) is 1. The standard InChI is InChI=1S/C9H20N2O2.C8H11N/c1-5-10-6-7-11-8(12)13-9(2,3)4;1-9(2)8-6-4-3-5-7-8/h10H,5-7H2,1-4H3,(H,11,12);3-7H,1-2H3. The summed E-state index contributed by atoms with van der Waals surface area (Å²) in [5.41, 5.74) is 0.833. The van der Waals surface area contributed by atoms with Gasteiger partial charge in [-0.25, -0.2) is 4.79 Å². The van der Waals surface area contributed by atoms with Gasteiger partial charge in [-0.3, -0.25) is 0 Å². The topological polar surface area (TPSA) is 53.6 Å². The van der Waals surface area contributed by atoms with Gasteiger partial charge in [-0.1, -0.05) is 25.1 Å². The molecule has 1 aromatic rings. The monoisotopic (exact) mass is 309 g/mol. The van der Waals surface area contributed by atoms with Crippen LogP contribution in [0.5, 0.6) is 0 Å². The Balaban J connectivity index is 0.000000425. The van der Waals surface area contributed by atoms with Crippen molar-refractivity contribution in [3.05, 3.63) is 30.3 Å². The number of carbonyl (C=O) groups is 1. The van der Waals surface area contributed by atoms with Gasteiger partial charge in [-0.2, -0.15) is 0 Å². The van der Waals surface area contributed by atoms with Gasteiger partial charge in [-0.15, -0.1) is 0 Å². The highest BCUT2D eigenvalue weighted by atomic mass is 16.6. The molecule has 22 heavy (non-hydrogen) atoms.